The minimum Gasteiger partial charge on any atom is -0.356 e. The Morgan fingerprint density at radius 1 is 1.10 bits per heavy atom. The van der Waals surface area contributed by atoms with Crippen molar-refractivity contribution < 1.29 is 26.2 Å². The highest BCUT2D eigenvalue weighted by Crippen LogP contribution is 2.33. The third-order valence-electron chi connectivity index (χ3n) is 6.88. The topological polar surface area (TPSA) is 134 Å². The van der Waals surface area contributed by atoms with Crippen LogP contribution < -0.4 is 5.32 Å². The van der Waals surface area contributed by atoms with Crippen LogP contribution in [0.15, 0.2) is 65.8 Å². The van der Waals surface area contributed by atoms with Crippen molar-refractivity contribution in [3.63, 3.8) is 0 Å². The lowest BCUT2D eigenvalue weighted by Crippen LogP contribution is -2.36. The van der Waals surface area contributed by atoms with E-state index in [0.717, 1.165) is 28.7 Å². The fraction of sp³-hybridized carbons (Fsp3) is 0.379. The molecule has 12 heteroatoms. The van der Waals surface area contributed by atoms with Crippen LogP contribution in [0.4, 0.5) is 0 Å². The highest BCUT2D eigenvalue weighted by atomic mass is 35.5. The summed E-state index contributed by atoms with van der Waals surface area (Å²) in [7, 11) is -8.11. The number of nitrogens with zero attached hydrogens (tertiary/aromatic N) is 2. The van der Waals surface area contributed by atoms with E-state index in [1.807, 2.05) is 43.5 Å². The average Bonchev–Trinajstić information content (AvgIpc) is 2.94. The lowest BCUT2D eigenvalue weighted by molar-refractivity contribution is -0.121. The molecule has 0 spiro atoms. The van der Waals surface area contributed by atoms with Gasteiger partial charge in [-0.25, -0.2) is 8.42 Å². The fourth-order valence-corrected chi connectivity index (χ4v) is 7.25. The third-order valence-corrected chi connectivity index (χ3v) is 10.2. The number of rotatable bonds is 14. The number of pyridine rings is 1. The highest BCUT2D eigenvalue weighted by molar-refractivity contribution is 7.89. The second-order valence-corrected chi connectivity index (χ2v) is 13.6. The summed E-state index contributed by atoms with van der Waals surface area (Å²) in [5, 5.41) is 2.95. The van der Waals surface area contributed by atoms with Crippen LogP contribution in [-0.4, -0.2) is 55.4 Å². The minimum absolute atomic E-state index is 0.0378. The van der Waals surface area contributed by atoms with Gasteiger partial charge in [-0.15, -0.1) is 0 Å². The van der Waals surface area contributed by atoms with Gasteiger partial charge in [0.05, 0.1) is 10.6 Å². The van der Waals surface area contributed by atoms with Gasteiger partial charge in [0.2, 0.25) is 15.9 Å². The molecule has 0 bridgehead atoms. The molecule has 2 aromatic carbocycles. The van der Waals surface area contributed by atoms with Gasteiger partial charge in [0, 0.05) is 43.0 Å². The van der Waals surface area contributed by atoms with Crippen molar-refractivity contribution >= 4 is 37.6 Å². The molecule has 0 saturated heterocycles. The van der Waals surface area contributed by atoms with E-state index in [1.165, 1.54) is 10.4 Å². The van der Waals surface area contributed by atoms with Gasteiger partial charge in [-0.1, -0.05) is 42.8 Å². The van der Waals surface area contributed by atoms with E-state index < -0.39 is 31.9 Å². The second-order valence-electron chi connectivity index (χ2n) is 9.76. The Hall–Kier alpha value is -2.83. The van der Waals surface area contributed by atoms with Gasteiger partial charge >= 0.3 is 0 Å². The number of aryl methyl sites for hydroxylation is 1. The molecule has 1 atom stereocenters. The quantitative estimate of drug-likeness (QED) is 0.187. The van der Waals surface area contributed by atoms with E-state index in [0.29, 0.717) is 10.6 Å². The summed E-state index contributed by atoms with van der Waals surface area (Å²) >= 11 is 6.28. The number of aromatic nitrogens is 1. The van der Waals surface area contributed by atoms with Crippen LogP contribution in [0.2, 0.25) is 5.02 Å². The van der Waals surface area contributed by atoms with Crippen LogP contribution in [-0.2, 0) is 31.4 Å². The van der Waals surface area contributed by atoms with Crippen LogP contribution in [0, 0.1) is 6.92 Å². The Morgan fingerprint density at radius 3 is 2.54 bits per heavy atom. The van der Waals surface area contributed by atoms with Crippen molar-refractivity contribution in [1.82, 2.24) is 14.6 Å². The van der Waals surface area contributed by atoms with Crippen LogP contribution in [0.5, 0.6) is 0 Å². The zero-order valence-corrected chi connectivity index (χ0v) is 25.8. The summed E-state index contributed by atoms with van der Waals surface area (Å²) < 4.78 is 60.0. The second kappa shape index (κ2) is 14.4. The Kier molecular flexibility index (Phi) is 11.5. The predicted molar refractivity (Wildman–Crippen MR) is 161 cm³/mol. The monoisotopic (exact) mass is 621 g/mol. The molecule has 0 aliphatic carbocycles. The lowest BCUT2D eigenvalue weighted by Gasteiger charge is -2.30. The van der Waals surface area contributed by atoms with Crippen LogP contribution >= 0.6 is 11.6 Å². The first-order valence-electron chi connectivity index (χ1n) is 13.4. The zero-order valence-electron chi connectivity index (χ0n) is 23.4. The molecule has 1 aromatic heterocycles. The fourth-order valence-electron chi connectivity index (χ4n) is 4.60. The van der Waals surface area contributed by atoms with Gasteiger partial charge in [0.25, 0.3) is 10.1 Å². The number of hydrogen-bond acceptors (Lipinski definition) is 6. The molecule has 3 aromatic rings. The Labute approximate surface area is 247 Å². The summed E-state index contributed by atoms with van der Waals surface area (Å²) in [4.78, 5) is 16.7. The number of nitrogens with one attached hydrogen (secondary N) is 1. The van der Waals surface area contributed by atoms with Gasteiger partial charge in [0.15, 0.2) is 0 Å². The molecule has 222 valence electrons. The van der Waals surface area contributed by atoms with E-state index in [-0.39, 0.29) is 43.2 Å². The van der Waals surface area contributed by atoms with E-state index in [9.17, 15) is 21.6 Å². The first-order chi connectivity index (χ1) is 19.3. The number of carbonyl (C=O) groups excluding carboxylic acids is 1. The first kappa shape index (κ1) is 32.7. The molecule has 3 rings (SSSR count). The van der Waals surface area contributed by atoms with E-state index >= 15 is 0 Å². The molecular formula is C29H36ClN3O6S2. The first-order valence-corrected chi connectivity index (χ1v) is 16.8. The van der Waals surface area contributed by atoms with Gasteiger partial charge in [-0.2, -0.15) is 12.7 Å². The number of carbonyl (C=O) groups is 1. The molecule has 0 saturated carbocycles. The molecule has 9 nitrogen and oxygen atoms in total. The molecule has 0 unspecified atom stereocenters. The maximum atomic E-state index is 14.0. The van der Waals surface area contributed by atoms with E-state index in [4.69, 9.17) is 16.2 Å². The molecule has 41 heavy (non-hydrogen) atoms. The molecular weight excluding hydrogens is 586 g/mol. The maximum absolute atomic E-state index is 14.0. The number of sulfonamides is 1. The summed E-state index contributed by atoms with van der Waals surface area (Å²) in [6, 6.07) is 13.9. The van der Waals surface area contributed by atoms with Crippen LogP contribution in [0.1, 0.15) is 55.8 Å². The van der Waals surface area contributed by atoms with E-state index in [1.54, 1.807) is 25.3 Å². The molecule has 0 radical (unpaired) electrons. The zero-order chi connectivity index (χ0) is 30.2. The van der Waals surface area contributed by atoms with Crippen molar-refractivity contribution in [3.8, 4) is 11.1 Å². The van der Waals surface area contributed by atoms with Crippen molar-refractivity contribution in [3.05, 3.63) is 82.6 Å². The summed E-state index contributed by atoms with van der Waals surface area (Å²) in [6.45, 7) is 5.68. The van der Waals surface area contributed by atoms with E-state index in [2.05, 4.69) is 17.2 Å². The number of halogens is 1. The smallest absolute Gasteiger partial charge is 0.264 e. The Morgan fingerprint density at radius 2 is 1.83 bits per heavy atom. The standard InChI is InChI=1S/C29H36ClN3O6S2/c1-4-23-20-31-16-14-26(23)25-10-5-9-24(19-25)22(3)33(41(38,39)28-12-6-11-27(30)21(28)2)17-7-13-29(34)32-15-8-18-40(35,36)37/h5-6,9-12,14,16,19-20,22H,4,7-8,13,15,17-18H2,1-3H3,(H,32,34)(H,35,36,37)/t22-/m0/s1. The van der Waals surface area contributed by atoms with Crippen LogP contribution in [0.3, 0.4) is 0 Å². The summed E-state index contributed by atoms with van der Waals surface area (Å²) in [5.74, 6) is -0.787. The molecule has 0 fully saturated rings. The Balaban J connectivity index is 1.87. The Bertz CT molecular complexity index is 1580. The van der Waals surface area contributed by atoms with Crippen LogP contribution in [0.25, 0.3) is 11.1 Å². The summed E-state index contributed by atoms with van der Waals surface area (Å²) in [6.07, 6.45) is 4.71. The molecule has 0 aliphatic heterocycles. The lowest BCUT2D eigenvalue weighted by atomic mass is 9.97. The van der Waals surface area contributed by atoms with Crippen molar-refractivity contribution in [2.24, 2.45) is 0 Å². The maximum Gasteiger partial charge on any atom is 0.264 e. The minimum atomic E-state index is -4.10. The highest BCUT2D eigenvalue weighted by Gasteiger charge is 2.31. The van der Waals surface area contributed by atoms with Crippen molar-refractivity contribution in [2.45, 2.75) is 57.4 Å². The van der Waals surface area contributed by atoms with Gasteiger partial charge in [-0.05, 0) is 85.2 Å². The average molecular weight is 622 g/mol. The van der Waals surface area contributed by atoms with Crippen molar-refractivity contribution in [1.29, 1.82) is 0 Å². The molecule has 1 heterocycles. The molecule has 1 amide bonds. The molecule has 0 aliphatic rings. The van der Waals surface area contributed by atoms with Crippen molar-refractivity contribution in [2.75, 3.05) is 18.8 Å². The summed E-state index contributed by atoms with van der Waals surface area (Å²) in [5.41, 5.74) is 4.30. The van der Waals surface area contributed by atoms with Gasteiger partial charge < -0.3 is 5.32 Å². The number of benzene rings is 2. The molecule has 2 N–H and O–H groups in total. The number of amides is 1. The largest absolute Gasteiger partial charge is 0.356 e. The predicted octanol–water partition coefficient (Wildman–Crippen LogP) is 5.20. The number of hydrogen-bond donors (Lipinski definition) is 2. The van der Waals surface area contributed by atoms with Gasteiger partial charge in [0.1, 0.15) is 0 Å². The van der Waals surface area contributed by atoms with Gasteiger partial charge in [-0.3, -0.25) is 14.3 Å². The normalized spacial score (nSPS) is 12.8. The third kappa shape index (κ3) is 8.83. The SMILES string of the molecule is CCc1cnccc1-c1cccc([C@H](C)N(CCCC(=O)NCCCS(=O)(=O)O)S(=O)(=O)c2cccc(Cl)c2C)c1.